The lowest BCUT2D eigenvalue weighted by molar-refractivity contribution is 0.0730. The van der Waals surface area contributed by atoms with E-state index in [9.17, 15) is 4.79 Å². The van der Waals surface area contributed by atoms with Crippen LogP contribution in [0.4, 0.5) is 0 Å². The van der Waals surface area contributed by atoms with Crippen molar-refractivity contribution in [1.82, 2.24) is 14.9 Å². The number of benzene rings is 1. The Labute approximate surface area is 149 Å². The molecule has 0 bridgehead atoms. The van der Waals surface area contributed by atoms with Crippen LogP contribution in [0.25, 0.3) is 10.9 Å². The predicted octanol–water partition coefficient (Wildman–Crippen LogP) is 4.14. The van der Waals surface area contributed by atoms with Crippen molar-refractivity contribution in [2.45, 2.75) is 18.0 Å². The number of hydrogen-bond donors (Lipinski definition) is 1. The number of nitrogens with one attached hydrogen (secondary N) is 1. The minimum atomic E-state index is 0.0366. The largest absolute Gasteiger partial charge is 0.357 e. The van der Waals surface area contributed by atoms with Crippen molar-refractivity contribution in [2.24, 2.45) is 0 Å². The van der Waals surface area contributed by atoms with Crippen molar-refractivity contribution in [3.8, 4) is 0 Å². The van der Waals surface area contributed by atoms with Gasteiger partial charge in [-0.3, -0.25) is 4.79 Å². The molecule has 122 valence electrons. The summed E-state index contributed by atoms with van der Waals surface area (Å²) in [5, 5.41) is 2.60. The van der Waals surface area contributed by atoms with Gasteiger partial charge in [0.1, 0.15) is 5.03 Å². The van der Waals surface area contributed by atoms with E-state index in [1.165, 1.54) is 23.0 Å². The molecule has 24 heavy (non-hydrogen) atoms. The Morgan fingerprint density at radius 3 is 3.04 bits per heavy atom. The normalized spacial score (nSPS) is 14.0. The van der Waals surface area contributed by atoms with Gasteiger partial charge in [-0.1, -0.05) is 23.7 Å². The van der Waals surface area contributed by atoms with Crippen LogP contribution >= 0.6 is 23.4 Å². The molecule has 1 aliphatic rings. The van der Waals surface area contributed by atoms with Crippen LogP contribution < -0.4 is 0 Å². The first-order valence-electron chi connectivity index (χ1n) is 7.75. The summed E-state index contributed by atoms with van der Waals surface area (Å²) in [5.74, 6) is 0.0366. The zero-order chi connectivity index (χ0) is 16.7. The van der Waals surface area contributed by atoms with Gasteiger partial charge in [-0.15, -0.1) is 11.8 Å². The molecule has 4 rings (SSSR count). The van der Waals surface area contributed by atoms with Gasteiger partial charge in [0, 0.05) is 42.4 Å². The molecule has 1 aliphatic heterocycles. The zero-order valence-electron chi connectivity index (χ0n) is 13.2. The molecule has 6 heteroatoms. The first-order valence-corrected chi connectivity index (χ1v) is 9.35. The van der Waals surface area contributed by atoms with E-state index in [1.807, 2.05) is 35.4 Å². The average Bonchev–Trinajstić information content (AvgIpc) is 3.00. The molecule has 0 aliphatic carbocycles. The van der Waals surface area contributed by atoms with Crippen LogP contribution in [0.2, 0.25) is 5.02 Å². The Bertz CT molecular complexity index is 937. The molecule has 2 aromatic heterocycles. The van der Waals surface area contributed by atoms with Crippen molar-refractivity contribution in [2.75, 3.05) is 12.8 Å². The fourth-order valence-corrected chi connectivity index (χ4v) is 4.03. The number of nitrogens with zero attached hydrogens (tertiary/aromatic N) is 2. The summed E-state index contributed by atoms with van der Waals surface area (Å²) in [6.07, 6.45) is 4.47. The quantitative estimate of drug-likeness (QED) is 0.701. The van der Waals surface area contributed by atoms with Gasteiger partial charge in [0.05, 0.1) is 16.1 Å². The summed E-state index contributed by atoms with van der Waals surface area (Å²) in [7, 11) is 0. The van der Waals surface area contributed by atoms with Crippen LogP contribution in [0, 0.1) is 0 Å². The van der Waals surface area contributed by atoms with Crippen LogP contribution in [-0.2, 0) is 13.0 Å². The Morgan fingerprint density at radius 2 is 2.21 bits per heavy atom. The number of para-hydroxylation sites is 1. The monoisotopic (exact) mass is 357 g/mol. The highest BCUT2D eigenvalue weighted by molar-refractivity contribution is 7.98. The Balaban J connectivity index is 1.70. The third-order valence-corrected chi connectivity index (χ3v) is 5.47. The van der Waals surface area contributed by atoms with E-state index in [0.717, 1.165) is 27.4 Å². The molecule has 1 aromatic carbocycles. The van der Waals surface area contributed by atoms with Crippen molar-refractivity contribution >= 4 is 40.2 Å². The van der Waals surface area contributed by atoms with E-state index in [2.05, 4.69) is 16.0 Å². The fraction of sp³-hybridized carbons (Fsp3) is 0.222. The predicted molar refractivity (Wildman–Crippen MR) is 97.8 cm³/mol. The van der Waals surface area contributed by atoms with Crippen LogP contribution in [0.5, 0.6) is 0 Å². The molecule has 0 saturated heterocycles. The molecule has 0 fully saturated rings. The summed E-state index contributed by atoms with van der Waals surface area (Å²) < 4.78 is 0. The molecule has 0 unspecified atom stereocenters. The van der Waals surface area contributed by atoms with Gasteiger partial charge in [0.15, 0.2) is 0 Å². The molecule has 1 N–H and O–H groups in total. The molecule has 0 spiro atoms. The number of H-pyrrole nitrogens is 1. The van der Waals surface area contributed by atoms with Gasteiger partial charge < -0.3 is 9.88 Å². The van der Waals surface area contributed by atoms with Crippen LogP contribution in [-0.4, -0.2) is 33.6 Å². The molecule has 0 radical (unpaired) electrons. The summed E-state index contributed by atoms with van der Waals surface area (Å²) in [6, 6.07) is 9.56. The smallest absolute Gasteiger partial charge is 0.256 e. The second kappa shape index (κ2) is 6.15. The standard InChI is InChI=1S/C18H16ClN3OS/c1-24-17-12(5-3-8-20-17)18(23)22-9-7-15-13(10-22)11-4-2-6-14(19)16(11)21-15/h2-6,8,21H,7,9-10H2,1H3. The lowest BCUT2D eigenvalue weighted by Gasteiger charge is -2.27. The number of rotatable bonds is 2. The van der Waals surface area contributed by atoms with Crippen LogP contribution in [0.1, 0.15) is 21.6 Å². The number of fused-ring (bicyclic) bond motifs is 3. The number of amides is 1. The number of carbonyl (C=O) groups is 1. The number of pyridine rings is 1. The summed E-state index contributed by atoms with van der Waals surface area (Å²) in [4.78, 5) is 22.6. The molecular formula is C18H16ClN3OS. The van der Waals surface area contributed by atoms with Gasteiger partial charge in [0.2, 0.25) is 0 Å². The number of aromatic amines is 1. The topological polar surface area (TPSA) is 49.0 Å². The highest BCUT2D eigenvalue weighted by Gasteiger charge is 2.26. The van der Waals surface area contributed by atoms with Crippen molar-refractivity contribution in [3.63, 3.8) is 0 Å². The Morgan fingerprint density at radius 1 is 1.33 bits per heavy atom. The highest BCUT2D eigenvalue weighted by Crippen LogP contribution is 2.32. The molecule has 3 aromatic rings. The zero-order valence-corrected chi connectivity index (χ0v) is 14.7. The number of thioether (sulfide) groups is 1. The second-order valence-electron chi connectivity index (χ2n) is 5.78. The summed E-state index contributed by atoms with van der Waals surface area (Å²) >= 11 is 7.79. The third kappa shape index (κ3) is 2.48. The maximum Gasteiger partial charge on any atom is 0.256 e. The van der Waals surface area contributed by atoms with Gasteiger partial charge in [0.25, 0.3) is 5.91 Å². The number of aromatic nitrogens is 2. The highest BCUT2D eigenvalue weighted by atomic mass is 35.5. The van der Waals surface area contributed by atoms with Crippen LogP contribution in [0.3, 0.4) is 0 Å². The summed E-state index contributed by atoms with van der Waals surface area (Å²) in [6.45, 7) is 1.29. The molecule has 1 amide bonds. The molecule has 4 nitrogen and oxygen atoms in total. The number of halogens is 1. The average molecular weight is 358 g/mol. The summed E-state index contributed by atoms with van der Waals surface area (Å²) in [5.41, 5.74) is 3.98. The van der Waals surface area contributed by atoms with Gasteiger partial charge in [-0.05, 0) is 24.5 Å². The van der Waals surface area contributed by atoms with E-state index < -0.39 is 0 Å². The van der Waals surface area contributed by atoms with E-state index in [0.29, 0.717) is 18.7 Å². The SMILES string of the molecule is CSc1ncccc1C(=O)N1CCc2[nH]c3c(Cl)cccc3c2C1. The number of hydrogen-bond acceptors (Lipinski definition) is 3. The second-order valence-corrected chi connectivity index (χ2v) is 6.98. The van der Waals surface area contributed by atoms with Crippen molar-refractivity contribution < 1.29 is 4.79 Å². The molecule has 0 saturated carbocycles. The van der Waals surface area contributed by atoms with Gasteiger partial charge >= 0.3 is 0 Å². The maximum absolute atomic E-state index is 13.0. The first-order chi connectivity index (χ1) is 11.7. The maximum atomic E-state index is 13.0. The van der Waals surface area contributed by atoms with Gasteiger partial charge in [-0.2, -0.15) is 0 Å². The van der Waals surface area contributed by atoms with Gasteiger partial charge in [-0.25, -0.2) is 4.98 Å². The van der Waals surface area contributed by atoms with E-state index >= 15 is 0 Å². The van der Waals surface area contributed by atoms with Crippen LogP contribution in [0.15, 0.2) is 41.6 Å². The fourth-order valence-electron chi connectivity index (χ4n) is 3.26. The Kier molecular flexibility index (Phi) is 3.98. The molecule has 3 heterocycles. The molecular weight excluding hydrogens is 342 g/mol. The first kappa shape index (κ1) is 15.5. The van der Waals surface area contributed by atoms with E-state index in [4.69, 9.17) is 11.6 Å². The lowest BCUT2D eigenvalue weighted by Crippen LogP contribution is -2.36. The van der Waals surface area contributed by atoms with E-state index in [-0.39, 0.29) is 5.91 Å². The lowest BCUT2D eigenvalue weighted by atomic mass is 10.0. The Hall–Kier alpha value is -1.98. The molecule has 0 atom stereocenters. The van der Waals surface area contributed by atoms with E-state index in [1.54, 1.807) is 6.20 Å². The van der Waals surface area contributed by atoms with Crippen molar-refractivity contribution in [3.05, 3.63) is 58.4 Å². The third-order valence-electron chi connectivity index (χ3n) is 4.44. The number of carbonyl (C=O) groups excluding carboxylic acids is 1. The van der Waals surface area contributed by atoms with Crippen molar-refractivity contribution in [1.29, 1.82) is 0 Å². The minimum absolute atomic E-state index is 0.0366. The minimum Gasteiger partial charge on any atom is -0.357 e.